The summed E-state index contributed by atoms with van der Waals surface area (Å²) in [5.74, 6) is 0.119. The monoisotopic (exact) mass is 381 g/mol. The molecule has 0 saturated carbocycles. The Kier molecular flexibility index (Phi) is 8.62. The molecule has 2 aromatic carbocycles. The van der Waals surface area contributed by atoms with Crippen LogP contribution in [0.2, 0.25) is 0 Å². The minimum absolute atomic E-state index is 0.119. The van der Waals surface area contributed by atoms with E-state index < -0.39 is 0 Å². The van der Waals surface area contributed by atoms with Crippen LogP contribution < -0.4 is 9.44 Å². The summed E-state index contributed by atoms with van der Waals surface area (Å²) >= 11 is 1.47. The van der Waals surface area contributed by atoms with E-state index in [-0.39, 0.29) is 5.92 Å². The van der Waals surface area contributed by atoms with Gasteiger partial charge in [-0.15, -0.1) is 0 Å². The molecule has 0 aromatic heterocycles. The fourth-order valence-corrected chi connectivity index (χ4v) is 3.52. The first-order valence-corrected chi connectivity index (χ1v) is 10.4. The Morgan fingerprint density at radius 3 is 2.67 bits per heavy atom. The molecule has 27 heavy (non-hydrogen) atoms. The number of benzene rings is 2. The molecule has 0 aliphatic heterocycles. The molecular weight excluding hydrogens is 350 g/mol. The third-order valence-corrected chi connectivity index (χ3v) is 5.21. The Morgan fingerprint density at radius 1 is 1.19 bits per heavy atom. The molecule has 0 aliphatic rings. The van der Waals surface area contributed by atoms with Gasteiger partial charge in [-0.25, -0.2) is 4.72 Å². The minimum Gasteiger partial charge on any atom is -0.317 e. The molecule has 144 valence electrons. The second kappa shape index (κ2) is 11.0. The van der Waals surface area contributed by atoms with Crippen LogP contribution in [0.15, 0.2) is 59.2 Å². The smallest absolute Gasteiger partial charge is 0.0513 e. The van der Waals surface area contributed by atoms with Gasteiger partial charge < -0.3 is 4.72 Å². The fraction of sp³-hybridized carbons (Fsp3) is 0.348. The van der Waals surface area contributed by atoms with E-state index in [1.54, 1.807) is 0 Å². The Hall–Kier alpha value is -2.04. The third kappa shape index (κ3) is 5.72. The minimum atomic E-state index is 0.119. The van der Waals surface area contributed by atoms with Crippen LogP contribution in [0.4, 0.5) is 5.69 Å². The number of unbranched alkanes of at least 4 members (excludes halogenated alkanes) is 1. The van der Waals surface area contributed by atoms with Crippen LogP contribution in [-0.2, 0) is 0 Å². The van der Waals surface area contributed by atoms with Gasteiger partial charge in [0.2, 0.25) is 0 Å². The molecule has 0 heterocycles. The van der Waals surface area contributed by atoms with Crippen molar-refractivity contribution in [2.75, 3.05) is 11.8 Å². The highest BCUT2D eigenvalue weighted by molar-refractivity contribution is 7.98. The summed E-state index contributed by atoms with van der Waals surface area (Å²) < 4.78 is 6.38. The number of aliphatic imine (C=N–C) groups is 1. The Bertz CT molecular complexity index is 796. The van der Waals surface area contributed by atoms with Crippen LogP contribution in [-0.4, -0.2) is 13.3 Å². The van der Waals surface area contributed by atoms with Gasteiger partial charge in [0.1, 0.15) is 0 Å². The summed E-state index contributed by atoms with van der Waals surface area (Å²) in [5, 5.41) is 0. The molecule has 2 N–H and O–H groups in total. The summed E-state index contributed by atoms with van der Waals surface area (Å²) in [6.07, 6.45) is 6.33. The lowest BCUT2D eigenvalue weighted by Crippen LogP contribution is -2.08. The largest absolute Gasteiger partial charge is 0.317 e. The first-order valence-electron chi connectivity index (χ1n) is 9.55. The molecule has 2 aromatic rings. The van der Waals surface area contributed by atoms with E-state index in [9.17, 15) is 0 Å². The topological polar surface area (TPSA) is 36.4 Å². The first kappa shape index (κ1) is 21.3. The Balaban J connectivity index is 2.60. The second-order valence-corrected chi connectivity index (χ2v) is 7.38. The molecule has 0 spiro atoms. The Morgan fingerprint density at radius 2 is 1.96 bits per heavy atom. The van der Waals surface area contributed by atoms with E-state index in [0.717, 1.165) is 24.2 Å². The normalized spacial score (nSPS) is 13.1. The van der Waals surface area contributed by atoms with Crippen molar-refractivity contribution in [1.29, 1.82) is 0 Å². The van der Waals surface area contributed by atoms with E-state index in [4.69, 9.17) is 4.99 Å². The van der Waals surface area contributed by atoms with Gasteiger partial charge in [-0.05, 0) is 68.6 Å². The average Bonchev–Trinajstić information content (AvgIpc) is 2.68. The molecule has 0 aliphatic carbocycles. The van der Waals surface area contributed by atoms with Crippen LogP contribution in [0, 0.1) is 13.8 Å². The van der Waals surface area contributed by atoms with Crippen LogP contribution in [0.1, 0.15) is 54.9 Å². The Labute approximate surface area is 168 Å². The van der Waals surface area contributed by atoms with Crippen LogP contribution in [0.25, 0.3) is 0 Å². The molecule has 1 unspecified atom stereocenters. The maximum absolute atomic E-state index is 4.78. The number of hydrogen-bond donors (Lipinski definition) is 2. The van der Waals surface area contributed by atoms with Crippen molar-refractivity contribution >= 4 is 24.0 Å². The van der Waals surface area contributed by atoms with Crippen LogP contribution in [0.3, 0.4) is 0 Å². The van der Waals surface area contributed by atoms with Crippen molar-refractivity contribution in [3.63, 3.8) is 0 Å². The zero-order valence-corrected chi connectivity index (χ0v) is 17.9. The van der Waals surface area contributed by atoms with Crippen LogP contribution in [0.5, 0.6) is 0 Å². The summed E-state index contributed by atoms with van der Waals surface area (Å²) in [5.41, 5.74) is 7.41. The van der Waals surface area contributed by atoms with Gasteiger partial charge in [-0.3, -0.25) is 4.99 Å². The maximum atomic E-state index is 4.78. The molecule has 0 saturated heterocycles. The zero-order valence-electron chi connectivity index (χ0n) is 17.0. The quantitative estimate of drug-likeness (QED) is 0.389. The lowest BCUT2D eigenvalue weighted by molar-refractivity contribution is 0.876. The van der Waals surface area contributed by atoms with E-state index in [2.05, 4.69) is 78.8 Å². The van der Waals surface area contributed by atoms with Gasteiger partial charge in [-0.1, -0.05) is 49.8 Å². The van der Waals surface area contributed by atoms with Gasteiger partial charge in [0.15, 0.2) is 0 Å². The van der Waals surface area contributed by atoms with Crippen molar-refractivity contribution in [2.45, 2.75) is 46.5 Å². The number of anilines is 1. The molecule has 0 radical (unpaired) electrons. The van der Waals surface area contributed by atoms with E-state index >= 15 is 0 Å². The number of allylic oxidation sites excluding steroid dienone is 2. The molecule has 2 rings (SSSR count). The highest BCUT2D eigenvalue weighted by Gasteiger charge is 2.21. The molecule has 0 amide bonds. The predicted molar refractivity (Wildman–Crippen MR) is 122 cm³/mol. The average molecular weight is 382 g/mol. The second-order valence-electron chi connectivity index (χ2n) is 6.56. The molecular formula is C23H31N3S. The standard InChI is InChI=1S/C23H31N3S/c1-6-8-15-22(25-7-2)23(21-14-9-11-17(3)18(21)4)19-12-10-13-20(16-19)26-27-24-5/h7,9-16,23-24,26H,6,8H2,1-5H3/b22-15-,25-7?. The number of nitrogens with one attached hydrogen (secondary N) is 2. The van der Waals surface area contributed by atoms with Crippen molar-refractivity contribution in [3.05, 3.63) is 76.5 Å². The van der Waals surface area contributed by atoms with Gasteiger partial charge >= 0.3 is 0 Å². The number of rotatable bonds is 9. The predicted octanol–water partition coefficient (Wildman–Crippen LogP) is 6.40. The zero-order chi connectivity index (χ0) is 19.6. The molecule has 3 nitrogen and oxygen atoms in total. The summed E-state index contributed by atoms with van der Waals surface area (Å²) in [4.78, 5) is 4.78. The number of nitrogens with zero attached hydrogens (tertiary/aromatic N) is 1. The molecule has 1 atom stereocenters. The molecule has 0 bridgehead atoms. The summed E-state index contributed by atoms with van der Waals surface area (Å²) in [7, 11) is 1.90. The van der Waals surface area contributed by atoms with E-state index in [1.807, 2.05) is 20.2 Å². The lowest BCUT2D eigenvalue weighted by Gasteiger charge is -2.23. The number of aryl methyl sites for hydroxylation is 1. The van der Waals surface area contributed by atoms with Gasteiger partial charge in [0, 0.05) is 29.7 Å². The first-order chi connectivity index (χ1) is 13.1. The molecule has 0 fully saturated rings. The number of hydrogen-bond acceptors (Lipinski definition) is 4. The van der Waals surface area contributed by atoms with Crippen molar-refractivity contribution < 1.29 is 0 Å². The van der Waals surface area contributed by atoms with Gasteiger partial charge in [0.25, 0.3) is 0 Å². The van der Waals surface area contributed by atoms with Gasteiger partial charge in [0.05, 0.1) is 5.92 Å². The third-order valence-electron chi connectivity index (χ3n) is 4.66. The summed E-state index contributed by atoms with van der Waals surface area (Å²) in [6, 6.07) is 15.2. The van der Waals surface area contributed by atoms with Crippen molar-refractivity contribution in [3.8, 4) is 0 Å². The highest BCUT2D eigenvalue weighted by Crippen LogP contribution is 2.36. The highest BCUT2D eigenvalue weighted by atomic mass is 32.2. The van der Waals surface area contributed by atoms with E-state index in [1.165, 1.54) is 34.4 Å². The SMILES string of the molecule is CC=N/C(=C\CCC)C(c1cccc(NSNC)c1)c1cccc(C)c1C. The summed E-state index contributed by atoms with van der Waals surface area (Å²) in [6.45, 7) is 8.58. The van der Waals surface area contributed by atoms with E-state index in [0.29, 0.717) is 0 Å². The molecule has 4 heteroatoms. The van der Waals surface area contributed by atoms with Crippen LogP contribution >= 0.6 is 12.1 Å². The van der Waals surface area contributed by atoms with Crippen molar-refractivity contribution in [1.82, 2.24) is 4.72 Å². The van der Waals surface area contributed by atoms with Crippen molar-refractivity contribution in [2.24, 2.45) is 4.99 Å². The maximum Gasteiger partial charge on any atom is 0.0513 e. The fourth-order valence-electron chi connectivity index (χ4n) is 3.17. The lowest BCUT2D eigenvalue weighted by atomic mass is 9.84. The van der Waals surface area contributed by atoms with Gasteiger partial charge in [-0.2, -0.15) is 0 Å².